The monoisotopic (exact) mass is 571 g/mol. The van der Waals surface area contributed by atoms with E-state index in [1.807, 2.05) is 0 Å². The van der Waals surface area contributed by atoms with Gasteiger partial charge in [-0.05, 0) is 81.2 Å². The van der Waals surface area contributed by atoms with Crippen LogP contribution in [0.2, 0.25) is 0 Å². The molecule has 0 unspecified atom stereocenters. The zero-order valence-electron chi connectivity index (χ0n) is 21.2. The maximum atomic E-state index is 13.4. The largest absolute Gasteiger partial charge is 0.522 e. The lowest BCUT2D eigenvalue weighted by Gasteiger charge is -2.30. The number of piperidine rings is 1. The minimum Gasteiger partial charge on any atom is -0.492 e. The molecule has 2 heterocycles. The third kappa shape index (κ3) is 7.78. The molecule has 1 fully saturated rings. The normalized spacial score (nSPS) is 15.5. The van der Waals surface area contributed by atoms with Crippen LogP contribution >= 0.6 is 0 Å². The molecule has 0 bridgehead atoms. The van der Waals surface area contributed by atoms with E-state index in [2.05, 4.69) is 14.6 Å². The third-order valence-corrected chi connectivity index (χ3v) is 7.39. The summed E-state index contributed by atoms with van der Waals surface area (Å²) in [6, 6.07) is 10.2. The highest BCUT2D eigenvalue weighted by molar-refractivity contribution is 7.89. The van der Waals surface area contributed by atoms with E-state index in [1.54, 1.807) is 19.1 Å². The first-order chi connectivity index (χ1) is 18.4. The Morgan fingerprint density at radius 1 is 1.13 bits per heavy atom. The van der Waals surface area contributed by atoms with Gasteiger partial charge in [0.1, 0.15) is 28.8 Å². The Bertz CT molecular complexity index is 1370. The van der Waals surface area contributed by atoms with Gasteiger partial charge in [0.15, 0.2) is 11.7 Å². The van der Waals surface area contributed by atoms with E-state index >= 15 is 0 Å². The molecule has 1 aromatic heterocycles. The number of nitrogens with zero attached hydrogens (tertiary/aromatic N) is 2. The number of sulfonamides is 1. The number of aromatic nitrogens is 1. The number of rotatable bonds is 10. The summed E-state index contributed by atoms with van der Waals surface area (Å²) in [7, 11) is -3.94. The quantitative estimate of drug-likeness (QED) is 0.342. The van der Waals surface area contributed by atoms with Crippen LogP contribution in [-0.4, -0.2) is 50.9 Å². The molecule has 8 nitrogen and oxygen atoms in total. The van der Waals surface area contributed by atoms with E-state index in [4.69, 9.17) is 14.3 Å². The number of hydrogen-bond acceptors (Lipinski definition) is 7. The van der Waals surface area contributed by atoms with Gasteiger partial charge in [-0.2, -0.15) is 0 Å². The second-order valence-corrected chi connectivity index (χ2v) is 10.7. The molecule has 4 rings (SSSR count). The van der Waals surface area contributed by atoms with Crippen LogP contribution in [-0.2, 0) is 27.8 Å². The molecule has 2 aromatic carbocycles. The van der Waals surface area contributed by atoms with Crippen LogP contribution in [0, 0.1) is 5.82 Å². The van der Waals surface area contributed by atoms with Crippen molar-refractivity contribution < 1.29 is 39.9 Å². The van der Waals surface area contributed by atoms with Crippen LogP contribution < -0.4 is 9.88 Å². The molecule has 0 aliphatic carbocycles. The Morgan fingerprint density at radius 3 is 2.44 bits per heavy atom. The summed E-state index contributed by atoms with van der Waals surface area (Å²) in [5, 5.41) is 5.35. The molecule has 3 aromatic rings. The molecule has 212 valence electrons. The van der Waals surface area contributed by atoms with Gasteiger partial charge in [-0.25, -0.2) is 22.9 Å². The fourth-order valence-electron chi connectivity index (χ4n) is 4.52. The van der Waals surface area contributed by atoms with Crippen molar-refractivity contribution in [3.63, 3.8) is 0 Å². The zero-order chi connectivity index (χ0) is 28.2. The second kappa shape index (κ2) is 12.0. The maximum absolute atomic E-state index is 13.4. The molecule has 0 amide bonds. The number of nitrogens with two attached hydrogens (primary N) is 1. The Hall–Kier alpha value is -3.00. The Balaban J connectivity index is 1.41. The molecule has 0 radical (unpaired) electrons. The SMILES string of the molecule is CCOc1ccc(CCN2CCC(c3nc(COC(F)(F)F)c(-c4ccc(F)cc4)o3)CC2)cc1S(N)(=O)=O. The molecule has 13 heteroatoms. The van der Waals surface area contributed by atoms with E-state index in [9.17, 15) is 26.0 Å². The summed E-state index contributed by atoms with van der Waals surface area (Å²) in [5.41, 5.74) is 1.20. The number of halogens is 4. The Morgan fingerprint density at radius 2 is 1.82 bits per heavy atom. The number of likely N-dealkylation sites (tertiary alicyclic amines) is 1. The van der Waals surface area contributed by atoms with Gasteiger partial charge in [0.2, 0.25) is 10.0 Å². The molecule has 1 saturated heterocycles. The Kier molecular flexibility index (Phi) is 8.94. The van der Waals surface area contributed by atoms with Crippen LogP contribution in [0.5, 0.6) is 5.75 Å². The summed E-state index contributed by atoms with van der Waals surface area (Å²) in [6.07, 6.45) is -2.92. The lowest BCUT2D eigenvalue weighted by atomic mass is 9.96. The summed E-state index contributed by atoms with van der Waals surface area (Å²) in [4.78, 5) is 6.49. The smallest absolute Gasteiger partial charge is 0.492 e. The molecule has 0 saturated carbocycles. The van der Waals surface area contributed by atoms with Crippen molar-refractivity contribution in [2.45, 2.75) is 50.0 Å². The van der Waals surface area contributed by atoms with Crippen LogP contribution in [0.4, 0.5) is 17.6 Å². The highest BCUT2D eigenvalue weighted by Gasteiger charge is 2.32. The number of alkyl halides is 3. The molecule has 2 N–H and O–H groups in total. The van der Waals surface area contributed by atoms with Gasteiger partial charge in [-0.3, -0.25) is 4.74 Å². The molecule has 39 heavy (non-hydrogen) atoms. The van der Waals surface area contributed by atoms with Crippen molar-refractivity contribution in [3.05, 3.63) is 65.4 Å². The summed E-state index contributed by atoms with van der Waals surface area (Å²) < 4.78 is 90.6. The number of hydrogen-bond donors (Lipinski definition) is 1. The lowest BCUT2D eigenvalue weighted by Crippen LogP contribution is -2.34. The zero-order valence-corrected chi connectivity index (χ0v) is 22.0. The van der Waals surface area contributed by atoms with E-state index in [-0.39, 0.29) is 28.0 Å². The second-order valence-electron chi connectivity index (χ2n) is 9.19. The minimum atomic E-state index is -4.83. The topological polar surface area (TPSA) is 108 Å². The van der Waals surface area contributed by atoms with Gasteiger partial charge in [0.05, 0.1) is 6.61 Å². The first kappa shape index (κ1) is 29.0. The minimum absolute atomic E-state index is 0.00229. The van der Waals surface area contributed by atoms with Gasteiger partial charge >= 0.3 is 6.36 Å². The molecule has 1 aliphatic heterocycles. The maximum Gasteiger partial charge on any atom is 0.522 e. The van der Waals surface area contributed by atoms with Gasteiger partial charge in [0.25, 0.3) is 0 Å². The molecule has 1 aliphatic rings. The third-order valence-electron chi connectivity index (χ3n) is 6.46. The predicted molar refractivity (Wildman–Crippen MR) is 134 cm³/mol. The van der Waals surface area contributed by atoms with Gasteiger partial charge in [0, 0.05) is 18.0 Å². The van der Waals surface area contributed by atoms with E-state index in [0.29, 0.717) is 57.0 Å². The molecule has 0 atom stereocenters. The van der Waals surface area contributed by atoms with E-state index in [1.165, 1.54) is 30.3 Å². The van der Waals surface area contributed by atoms with Crippen LogP contribution in [0.15, 0.2) is 51.8 Å². The molecule has 0 spiro atoms. The van der Waals surface area contributed by atoms with Crippen molar-refractivity contribution in [1.29, 1.82) is 0 Å². The van der Waals surface area contributed by atoms with Crippen molar-refractivity contribution in [3.8, 4) is 17.1 Å². The van der Waals surface area contributed by atoms with Gasteiger partial charge in [-0.1, -0.05) is 6.07 Å². The summed E-state index contributed by atoms with van der Waals surface area (Å²) >= 11 is 0. The molecular weight excluding hydrogens is 542 g/mol. The van der Waals surface area contributed by atoms with Crippen molar-refractivity contribution in [2.24, 2.45) is 5.14 Å². The van der Waals surface area contributed by atoms with Gasteiger partial charge < -0.3 is 14.1 Å². The average Bonchev–Trinajstić information content (AvgIpc) is 3.31. The number of ether oxygens (including phenoxy) is 2. The number of benzene rings is 2. The van der Waals surface area contributed by atoms with Gasteiger partial charge in [-0.15, -0.1) is 13.2 Å². The number of oxazole rings is 1. The fraction of sp³-hybridized carbons (Fsp3) is 0.423. The van der Waals surface area contributed by atoms with Crippen molar-refractivity contribution >= 4 is 10.0 Å². The average molecular weight is 572 g/mol. The van der Waals surface area contributed by atoms with Crippen molar-refractivity contribution in [2.75, 3.05) is 26.2 Å². The highest BCUT2D eigenvalue weighted by Crippen LogP contribution is 2.34. The fourth-order valence-corrected chi connectivity index (χ4v) is 5.24. The first-order valence-electron chi connectivity index (χ1n) is 12.4. The highest BCUT2D eigenvalue weighted by atomic mass is 32.2. The number of primary sulfonamides is 1. The van der Waals surface area contributed by atoms with Crippen molar-refractivity contribution in [1.82, 2.24) is 9.88 Å². The Labute approximate surface area is 223 Å². The summed E-state index contributed by atoms with van der Waals surface area (Å²) in [6.45, 7) is 3.29. The lowest BCUT2D eigenvalue weighted by molar-refractivity contribution is -0.330. The summed E-state index contributed by atoms with van der Waals surface area (Å²) in [5.74, 6) is 0.0667. The standard InChI is InChI=1S/C26H29F4N3O5S/c1-2-36-22-8-3-17(15-23(22)39(31,34)35)9-12-33-13-10-19(11-14-33)25-32-21(16-37-26(28,29)30)24(38-25)18-4-6-20(27)7-5-18/h3-8,15,19H,2,9-14,16H2,1H3,(H2,31,34,35). The van der Waals surface area contributed by atoms with E-state index < -0.39 is 28.8 Å². The predicted octanol–water partition coefficient (Wildman–Crippen LogP) is 4.99. The van der Waals surface area contributed by atoms with Crippen LogP contribution in [0.25, 0.3) is 11.3 Å². The van der Waals surface area contributed by atoms with Crippen LogP contribution in [0.3, 0.4) is 0 Å². The first-order valence-corrected chi connectivity index (χ1v) is 13.9. The van der Waals surface area contributed by atoms with Crippen LogP contribution in [0.1, 0.15) is 42.8 Å². The van der Waals surface area contributed by atoms with E-state index in [0.717, 1.165) is 5.56 Å². The molecular formula is C26H29F4N3O5S.